The normalized spacial score (nSPS) is 17.8. The fourth-order valence-electron chi connectivity index (χ4n) is 3.56. The first-order chi connectivity index (χ1) is 10.6. The number of aromatic nitrogens is 4. The van der Waals surface area contributed by atoms with Crippen LogP contribution in [0.2, 0.25) is 0 Å². The van der Waals surface area contributed by atoms with Crippen molar-refractivity contribution in [2.45, 2.75) is 64.5 Å². The van der Waals surface area contributed by atoms with E-state index in [4.69, 9.17) is 0 Å². The van der Waals surface area contributed by atoms with E-state index in [1.54, 1.807) is 0 Å². The number of nitrogens with one attached hydrogen (secondary N) is 1. The highest BCUT2D eigenvalue weighted by atomic mass is 15.6. The van der Waals surface area contributed by atoms with Gasteiger partial charge in [0.05, 0.1) is 11.2 Å². The summed E-state index contributed by atoms with van der Waals surface area (Å²) in [7, 11) is 0. The van der Waals surface area contributed by atoms with E-state index in [2.05, 4.69) is 65.9 Å². The highest BCUT2D eigenvalue weighted by Gasteiger charge is 2.39. The molecule has 1 saturated carbocycles. The second-order valence-corrected chi connectivity index (χ2v) is 6.70. The van der Waals surface area contributed by atoms with Crippen LogP contribution < -0.4 is 5.32 Å². The minimum atomic E-state index is -0.111. The molecule has 0 spiro atoms. The standard InChI is InChI=1S/C17H25N5/c1-13(2)18-17(10-5-4-6-11-17)16-19-20-21-22(16)15-9-7-8-14(3)12-15/h7-9,12-13,18H,4-6,10-11H2,1-3H3. The van der Waals surface area contributed by atoms with Crippen molar-refractivity contribution in [2.24, 2.45) is 0 Å². The maximum absolute atomic E-state index is 4.41. The number of benzene rings is 1. The Balaban J connectivity index is 2.04. The van der Waals surface area contributed by atoms with E-state index in [0.29, 0.717) is 6.04 Å². The molecule has 2 aromatic rings. The molecule has 1 aliphatic rings. The van der Waals surface area contributed by atoms with Crippen LogP contribution in [0.4, 0.5) is 0 Å². The van der Waals surface area contributed by atoms with Crippen LogP contribution >= 0.6 is 0 Å². The van der Waals surface area contributed by atoms with Crippen LogP contribution in [0.15, 0.2) is 24.3 Å². The van der Waals surface area contributed by atoms with Crippen LogP contribution in [0.5, 0.6) is 0 Å². The molecule has 3 rings (SSSR count). The zero-order valence-corrected chi connectivity index (χ0v) is 13.7. The first-order valence-corrected chi connectivity index (χ1v) is 8.24. The third-order valence-electron chi connectivity index (χ3n) is 4.42. The number of hydrogen-bond donors (Lipinski definition) is 1. The maximum atomic E-state index is 4.41. The van der Waals surface area contributed by atoms with Gasteiger partial charge in [-0.3, -0.25) is 0 Å². The molecule has 0 bridgehead atoms. The van der Waals surface area contributed by atoms with Gasteiger partial charge in [0.2, 0.25) is 0 Å². The molecular weight excluding hydrogens is 274 g/mol. The molecule has 1 fully saturated rings. The summed E-state index contributed by atoms with van der Waals surface area (Å²) in [4.78, 5) is 0. The SMILES string of the molecule is Cc1cccc(-n2nnnc2C2(NC(C)C)CCCCC2)c1. The van der Waals surface area contributed by atoms with Gasteiger partial charge in [0.15, 0.2) is 5.82 Å². The summed E-state index contributed by atoms with van der Waals surface area (Å²) in [6.07, 6.45) is 5.93. The maximum Gasteiger partial charge on any atom is 0.176 e. The van der Waals surface area contributed by atoms with Crippen LogP contribution in [-0.2, 0) is 5.54 Å². The van der Waals surface area contributed by atoms with Crippen molar-refractivity contribution < 1.29 is 0 Å². The highest BCUT2D eigenvalue weighted by Crippen LogP contribution is 2.37. The minimum absolute atomic E-state index is 0.111. The molecule has 0 amide bonds. The number of nitrogens with zero attached hydrogens (tertiary/aromatic N) is 4. The Labute approximate surface area is 132 Å². The van der Waals surface area contributed by atoms with E-state index in [9.17, 15) is 0 Å². The van der Waals surface area contributed by atoms with Gasteiger partial charge in [-0.25, -0.2) is 0 Å². The molecule has 22 heavy (non-hydrogen) atoms. The number of aryl methyl sites for hydroxylation is 1. The van der Waals surface area contributed by atoms with E-state index in [-0.39, 0.29) is 5.54 Å². The van der Waals surface area contributed by atoms with Crippen molar-refractivity contribution in [1.82, 2.24) is 25.5 Å². The van der Waals surface area contributed by atoms with Gasteiger partial charge in [-0.1, -0.05) is 31.4 Å². The van der Waals surface area contributed by atoms with E-state index >= 15 is 0 Å². The number of rotatable bonds is 4. The van der Waals surface area contributed by atoms with E-state index in [1.807, 2.05) is 4.68 Å². The predicted molar refractivity (Wildman–Crippen MR) is 86.9 cm³/mol. The quantitative estimate of drug-likeness (QED) is 0.942. The lowest BCUT2D eigenvalue weighted by Gasteiger charge is -2.38. The van der Waals surface area contributed by atoms with Crippen LogP contribution in [0, 0.1) is 6.92 Å². The molecule has 1 heterocycles. The van der Waals surface area contributed by atoms with Crippen LogP contribution in [0.1, 0.15) is 57.3 Å². The van der Waals surface area contributed by atoms with E-state index < -0.39 is 0 Å². The predicted octanol–water partition coefficient (Wildman–Crippen LogP) is 3.13. The van der Waals surface area contributed by atoms with Crippen molar-refractivity contribution in [1.29, 1.82) is 0 Å². The minimum Gasteiger partial charge on any atom is -0.302 e. The number of tetrazole rings is 1. The van der Waals surface area contributed by atoms with Crippen molar-refractivity contribution in [3.8, 4) is 5.69 Å². The van der Waals surface area contributed by atoms with Crippen molar-refractivity contribution in [2.75, 3.05) is 0 Å². The summed E-state index contributed by atoms with van der Waals surface area (Å²) >= 11 is 0. The first-order valence-electron chi connectivity index (χ1n) is 8.24. The summed E-state index contributed by atoms with van der Waals surface area (Å²) < 4.78 is 1.91. The Morgan fingerprint density at radius 1 is 1.18 bits per heavy atom. The van der Waals surface area contributed by atoms with Crippen molar-refractivity contribution in [3.63, 3.8) is 0 Å². The Bertz CT molecular complexity index is 625. The summed E-state index contributed by atoms with van der Waals surface area (Å²) in [5, 5.41) is 16.4. The molecule has 0 atom stereocenters. The third kappa shape index (κ3) is 2.90. The topological polar surface area (TPSA) is 55.6 Å². The smallest absolute Gasteiger partial charge is 0.176 e. The Morgan fingerprint density at radius 3 is 2.64 bits per heavy atom. The van der Waals surface area contributed by atoms with Gasteiger partial charge in [0, 0.05) is 6.04 Å². The molecular formula is C17H25N5. The number of hydrogen-bond acceptors (Lipinski definition) is 4. The summed E-state index contributed by atoms with van der Waals surface area (Å²) in [5.41, 5.74) is 2.14. The van der Waals surface area contributed by atoms with Crippen LogP contribution in [0.25, 0.3) is 5.69 Å². The molecule has 1 aromatic heterocycles. The van der Waals surface area contributed by atoms with Crippen LogP contribution in [-0.4, -0.2) is 26.2 Å². The molecule has 0 radical (unpaired) electrons. The highest BCUT2D eigenvalue weighted by molar-refractivity contribution is 5.35. The Kier molecular flexibility index (Phi) is 4.25. The fourth-order valence-corrected chi connectivity index (χ4v) is 3.56. The van der Waals surface area contributed by atoms with Gasteiger partial charge in [0.25, 0.3) is 0 Å². The largest absolute Gasteiger partial charge is 0.302 e. The second kappa shape index (κ2) is 6.16. The van der Waals surface area contributed by atoms with Gasteiger partial charge in [-0.2, -0.15) is 4.68 Å². The molecule has 5 nitrogen and oxygen atoms in total. The van der Waals surface area contributed by atoms with E-state index in [1.165, 1.54) is 24.8 Å². The fraction of sp³-hybridized carbons (Fsp3) is 0.588. The molecule has 1 N–H and O–H groups in total. The second-order valence-electron chi connectivity index (χ2n) is 6.70. The molecule has 0 aliphatic heterocycles. The van der Waals surface area contributed by atoms with Gasteiger partial charge in [-0.15, -0.1) is 5.10 Å². The lowest BCUT2D eigenvalue weighted by molar-refractivity contribution is 0.201. The Hall–Kier alpha value is -1.75. The average molecular weight is 299 g/mol. The van der Waals surface area contributed by atoms with Crippen molar-refractivity contribution >= 4 is 0 Å². The summed E-state index contributed by atoms with van der Waals surface area (Å²) in [6, 6.07) is 8.75. The van der Waals surface area contributed by atoms with Gasteiger partial charge in [-0.05, 0) is 61.7 Å². The molecule has 5 heteroatoms. The molecule has 0 saturated heterocycles. The zero-order valence-electron chi connectivity index (χ0n) is 13.7. The summed E-state index contributed by atoms with van der Waals surface area (Å²) in [6.45, 7) is 6.48. The van der Waals surface area contributed by atoms with Gasteiger partial charge < -0.3 is 5.32 Å². The van der Waals surface area contributed by atoms with E-state index in [0.717, 1.165) is 24.4 Å². The molecule has 1 aromatic carbocycles. The lowest BCUT2D eigenvalue weighted by atomic mass is 9.80. The molecule has 0 unspecified atom stereocenters. The third-order valence-corrected chi connectivity index (χ3v) is 4.42. The zero-order chi connectivity index (χ0) is 15.6. The first kappa shape index (κ1) is 15.2. The molecule has 1 aliphatic carbocycles. The monoisotopic (exact) mass is 299 g/mol. The van der Waals surface area contributed by atoms with Crippen molar-refractivity contribution in [3.05, 3.63) is 35.7 Å². The lowest BCUT2D eigenvalue weighted by Crippen LogP contribution is -2.49. The molecule has 118 valence electrons. The Morgan fingerprint density at radius 2 is 1.95 bits per heavy atom. The average Bonchev–Trinajstić information content (AvgIpc) is 2.97. The van der Waals surface area contributed by atoms with Crippen LogP contribution in [0.3, 0.4) is 0 Å². The van der Waals surface area contributed by atoms with Gasteiger partial charge in [0.1, 0.15) is 0 Å². The summed E-state index contributed by atoms with van der Waals surface area (Å²) in [5.74, 6) is 0.950. The van der Waals surface area contributed by atoms with Gasteiger partial charge >= 0.3 is 0 Å².